The zero-order valence-electron chi connectivity index (χ0n) is 11.7. The first-order valence-electron chi connectivity index (χ1n) is 6.59. The van der Waals surface area contributed by atoms with Gasteiger partial charge in [-0.15, -0.1) is 0 Å². The SMILES string of the molecule is CC(O)CC(=O)O.CCCCCCC(O)CC(=O)O. The van der Waals surface area contributed by atoms with Gasteiger partial charge in [0.15, 0.2) is 0 Å². The number of rotatable bonds is 9. The zero-order valence-corrected chi connectivity index (χ0v) is 11.7. The van der Waals surface area contributed by atoms with Crippen LogP contribution in [0, 0.1) is 0 Å². The van der Waals surface area contributed by atoms with Gasteiger partial charge < -0.3 is 20.4 Å². The largest absolute Gasteiger partial charge is 0.481 e. The van der Waals surface area contributed by atoms with Crippen LogP contribution in [0.5, 0.6) is 0 Å². The third-order valence-electron chi connectivity index (χ3n) is 2.27. The third kappa shape index (κ3) is 22.5. The molecule has 0 aromatic rings. The van der Waals surface area contributed by atoms with Crippen molar-refractivity contribution >= 4 is 11.9 Å². The van der Waals surface area contributed by atoms with Crippen molar-refractivity contribution in [1.82, 2.24) is 0 Å². The van der Waals surface area contributed by atoms with Crippen LogP contribution >= 0.6 is 0 Å². The normalized spacial score (nSPS) is 13.1. The molecule has 0 bridgehead atoms. The molecule has 0 aromatic carbocycles. The van der Waals surface area contributed by atoms with E-state index >= 15 is 0 Å². The average molecular weight is 278 g/mol. The quantitative estimate of drug-likeness (QED) is 0.476. The molecule has 0 aliphatic carbocycles. The van der Waals surface area contributed by atoms with E-state index in [0.29, 0.717) is 6.42 Å². The fourth-order valence-electron chi connectivity index (χ4n) is 1.36. The van der Waals surface area contributed by atoms with Crippen LogP contribution in [-0.2, 0) is 9.59 Å². The van der Waals surface area contributed by atoms with Crippen LogP contribution in [0.3, 0.4) is 0 Å². The maximum atomic E-state index is 10.1. The smallest absolute Gasteiger partial charge is 0.305 e. The molecule has 0 aliphatic heterocycles. The summed E-state index contributed by atoms with van der Waals surface area (Å²) in [5.41, 5.74) is 0. The summed E-state index contributed by atoms with van der Waals surface area (Å²) in [5.74, 6) is -1.88. The number of unbranched alkanes of at least 4 members (excludes halogenated alkanes) is 3. The van der Waals surface area contributed by atoms with Crippen molar-refractivity contribution in [2.24, 2.45) is 0 Å². The lowest BCUT2D eigenvalue weighted by Crippen LogP contribution is -2.12. The van der Waals surface area contributed by atoms with E-state index in [1.165, 1.54) is 13.3 Å². The van der Waals surface area contributed by atoms with Gasteiger partial charge >= 0.3 is 11.9 Å². The molecule has 0 heterocycles. The van der Waals surface area contributed by atoms with Crippen LogP contribution in [0.2, 0.25) is 0 Å². The first-order chi connectivity index (χ1) is 8.79. The van der Waals surface area contributed by atoms with Crippen molar-refractivity contribution in [3.8, 4) is 0 Å². The molecule has 6 nitrogen and oxygen atoms in total. The van der Waals surface area contributed by atoms with E-state index in [1.807, 2.05) is 0 Å². The Kier molecular flexibility index (Phi) is 14.1. The lowest BCUT2D eigenvalue weighted by atomic mass is 10.1. The molecule has 0 fully saturated rings. The molecule has 0 radical (unpaired) electrons. The van der Waals surface area contributed by atoms with E-state index in [4.69, 9.17) is 20.4 Å². The molecule has 0 saturated carbocycles. The number of carboxylic acids is 2. The standard InChI is InChI=1S/C9H18O3.C4H8O3/c1-2-3-4-5-6-8(10)7-9(11)12;1-3(5)2-4(6)7/h8,10H,2-7H2,1H3,(H,11,12);3,5H,2H2,1H3,(H,6,7). The van der Waals surface area contributed by atoms with Crippen molar-refractivity contribution < 1.29 is 30.0 Å². The molecule has 2 unspecified atom stereocenters. The van der Waals surface area contributed by atoms with Crippen LogP contribution in [0.25, 0.3) is 0 Å². The van der Waals surface area contributed by atoms with E-state index in [2.05, 4.69) is 6.92 Å². The number of carbonyl (C=O) groups is 2. The van der Waals surface area contributed by atoms with Crippen LogP contribution < -0.4 is 0 Å². The summed E-state index contributed by atoms with van der Waals surface area (Å²) >= 11 is 0. The molecule has 0 spiro atoms. The third-order valence-corrected chi connectivity index (χ3v) is 2.27. The lowest BCUT2D eigenvalue weighted by molar-refractivity contribution is -0.140. The molecule has 6 heteroatoms. The Morgan fingerprint density at radius 2 is 1.47 bits per heavy atom. The Morgan fingerprint density at radius 1 is 0.947 bits per heavy atom. The van der Waals surface area contributed by atoms with E-state index < -0.39 is 24.1 Å². The zero-order chi connectivity index (χ0) is 15.3. The Balaban J connectivity index is 0. The topological polar surface area (TPSA) is 115 Å². The Morgan fingerprint density at radius 3 is 1.79 bits per heavy atom. The van der Waals surface area contributed by atoms with E-state index in [-0.39, 0.29) is 12.8 Å². The number of aliphatic hydroxyl groups excluding tert-OH is 2. The number of hydrogen-bond acceptors (Lipinski definition) is 4. The van der Waals surface area contributed by atoms with Gasteiger partial charge in [0.1, 0.15) is 0 Å². The number of aliphatic hydroxyl groups is 2. The average Bonchev–Trinajstić information content (AvgIpc) is 2.22. The molecule has 2 atom stereocenters. The van der Waals surface area contributed by atoms with Gasteiger partial charge in [0.05, 0.1) is 25.0 Å². The minimum Gasteiger partial charge on any atom is -0.481 e. The molecular weight excluding hydrogens is 252 g/mol. The molecule has 0 aromatic heterocycles. The summed E-state index contributed by atoms with van der Waals surface area (Å²) < 4.78 is 0. The highest BCUT2D eigenvalue weighted by molar-refractivity contribution is 5.67. The molecule has 0 amide bonds. The summed E-state index contributed by atoms with van der Waals surface area (Å²) in [5, 5.41) is 33.7. The van der Waals surface area contributed by atoms with E-state index in [0.717, 1.165) is 19.3 Å². The van der Waals surface area contributed by atoms with Crippen molar-refractivity contribution in [3.05, 3.63) is 0 Å². The van der Waals surface area contributed by atoms with Crippen molar-refractivity contribution in [1.29, 1.82) is 0 Å². The number of carboxylic acid groups (broad SMARTS) is 2. The minimum absolute atomic E-state index is 0.119. The van der Waals surface area contributed by atoms with Crippen LogP contribution in [-0.4, -0.2) is 44.6 Å². The highest BCUT2D eigenvalue weighted by Crippen LogP contribution is 2.07. The van der Waals surface area contributed by atoms with Gasteiger partial charge in [-0.25, -0.2) is 0 Å². The van der Waals surface area contributed by atoms with E-state index in [9.17, 15) is 9.59 Å². The van der Waals surface area contributed by atoms with Crippen molar-refractivity contribution in [3.63, 3.8) is 0 Å². The van der Waals surface area contributed by atoms with Gasteiger partial charge in [0.2, 0.25) is 0 Å². The predicted molar refractivity (Wildman–Crippen MR) is 71.0 cm³/mol. The second kappa shape index (κ2) is 13.3. The predicted octanol–water partition coefficient (Wildman–Crippen LogP) is 1.63. The molecule has 0 rings (SSSR count). The Hall–Kier alpha value is -1.14. The summed E-state index contributed by atoms with van der Waals surface area (Å²) in [7, 11) is 0. The second-order valence-corrected chi connectivity index (χ2v) is 4.55. The number of hydrogen-bond donors (Lipinski definition) is 4. The molecule has 0 saturated heterocycles. The second-order valence-electron chi connectivity index (χ2n) is 4.55. The summed E-state index contributed by atoms with van der Waals surface area (Å²) in [6.07, 6.45) is 3.31. The highest BCUT2D eigenvalue weighted by Gasteiger charge is 2.07. The lowest BCUT2D eigenvalue weighted by Gasteiger charge is -2.06. The summed E-state index contributed by atoms with van der Waals surface area (Å²) in [6.45, 7) is 3.56. The molecule has 114 valence electrons. The Bertz CT molecular complexity index is 239. The van der Waals surface area contributed by atoms with E-state index in [1.54, 1.807) is 0 Å². The van der Waals surface area contributed by atoms with Gasteiger partial charge in [-0.2, -0.15) is 0 Å². The maximum absolute atomic E-state index is 10.1. The monoisotopic (exact) mass is 278 g/mol. The minimum atomic E-state index is -0.963. The fourth-order valence-corrected chi connectivity index (χ4v) is 1.36. The molecule has 19 heavy (non-hydrogen) atoms. The number of aliphatic carboxylic acids is 2. The van der Waals surface area contributed by atoms with Gasteiger partial charge in [-0.05, 0) is 13.3 Å². The van der Waals surface area contributed by atoms with Gasteiger partial charge in [0.25, 0.3) is 0 Å². The maximum Gasteiger partial charge on any atom is 0.305 e. The van der Waals surface area contributed by atoms with Crippen molar-refractivity contribution in [2.75, 3.05) is 0 Å². The first-order valence-corrected chi connectivity index (χ1v) is 6.59. The Labute approximate surface area is 114 Å². The van der Waals surface area contributed by atoms with Crippen molar-refractivity contribution in [2.45, 2.75) is 71.0 Å². The summed E-state index contributed by atoms with van der Waals surface area (Å²) in [6, 6.07) is 0. The first kappa shape index (κ1) is 20.2. The van der Waals surface area contributed by atoms with Crippen LogP contribution in [0.4, 0.5) is 0 Å². The molecule has 0 aliphatic rings. The van der Waals surface area contributed by atoms with Gasteiger partial charge in [0, 0.05) is 0 Å². The van der Waals surface area contributed by atoms with Crippen LogP contribution in [0.1, 0.15) is 58.8 Å². The highest BCUT2D eigenvalue weighted by atomic mass is 16.4. The fraction of sp³-hybridized carbons (Fsp3) is 0.846. The molecule has 4 N–H and O–H groups in total. The summed E-state index contributed by atoms with van der Waals surface area (Å²) in [4.78, 5) is 19.8. The van der Waals surface area contributed by atoms with Crippen LogP contribution in [0.15, 0.2) is 0 Å². The van der Waals surface area contributed by atoms with Gasteiger partial charge in [-0.1, -0.05) is 32.6 Å². The van der Waals surface area contributed by atoms with Gasteiger partial charge in [-0.3, -0.25) is 9.59 Å². The molecular formula is C13H26O6.